The molecule has 0 aromatic heterocycles. The quantitative estimate of drug-likeness (QED) is 0.633. The molecule has 0 aliphatic carbocycles. The molecule has 0 aliphatic rings. The van der Waals surface area contributed by atoms with Gasteiger partial charge in [0.2, 0.25) is 0 Å². The molecule has 2 rings (SSSR count). The smallest absolute Gasteiger partial charge is 0.407 e. The predicted molar refractivity (Wildman–Crippen MR) is 98.8 cm³/mol. The van der Waals surface area contributed by atoms with Gasteiger partial charge in [-0.05, 0) is 44.5 Å². The van der Waals surface area contributed by atoms with Crippen molar-refractivity contribution in [3.8, 4) is 0 Å². The highest BCUT2D eigenvalue weighted by molar-refractivity contribution is 6.31. The number of ether oxygens (including phenoxy) is 1. The zero-order valence-electron chi connectivity index (χ0n) is 14.4. The molecule has 0 radical (unpaired) electrons. The Bertz CT molecular complexity index is 780. The summed E-state index contributed by atoms with van der Waals surface area (Å²) in [6, 6.07) is 11.7. The van der Waals surface area contributed by atoms with Crippen molar-refractivity contribution in [2.75, 3.05) is 5.73 Å². The van der Waals surface area contributed by atoms with Gasteiger partial charge in [0.1, 0.15) is 5.60 Å². The van der Waals surface area contributed by atoms with E-state index in [9.17, 15) is 9.59 Å². The van der Waals surface area contributed by atoms with Crippen LogP contribution in [0.2, 0.25) is 5.02 Å². The number of alkyl carbamates (subject to hydrolysis) is 1. The SMILES string of the molecule is CC(C)(C)OC(=O)NCc1ccc(C(=O)c2cc(Cl)ccc2N)cc1. The van der Waals surface area contributed by atoms with E-state index in [1.165, 1.54) is 0 Å². The Balaban J connectivity index is 2.03. The van der Waals surface area contributed by atoms with Gasteiger partial charge in [0.15, 0.2) is 5.78 Å². The first kappa shape index (κ1) is 18.8. The van der Waals surface area contributed by atoms with Gasteiger partial charge in [0.05, 0.1) is 0 Å². The van der Waals surface area contributed by atoms with Crippen molar-refractivity contribution in [2.45, 2.75) is 32.9 Å². The zero-order valence-corrected chi connectivity index (χ0v) is 15.2. The monoisotopic (exact) mass is 360 g/mol. The second-order valence-corrected chi connectivity index (χ2v) is 7.05. The van der Waals surface area contributed by atoms with Crippen LogP contribution < -0.4 is 11.1 Å². The largest absolute Gasteiger partial charge is 0.444 e. The van der Waals surface area contributed by atoms with E-state index < -0.39 is 11.7 Å². The van der Waals surface area contributed by atoms with Gasteiger partial charge >= 0.3 is 6.09 Å². The molecule has 0 fully saturated rings. The van der Waals surface area contributed by atoms with E-state index >= 15 is 0 Å². The van der Waals surface area contributed by atoms with Crippen molar-refractivity contribution >= 4 is 29.2 Å². The van der Waals surface area contributed by atoms with Crippen LogP contribution in [0.4, 0.5) is 10.5 Å². The molecule has 0 heterocycles. The van der Waals surface area contributed by atoms with E-state index in [1.54, 1.807) is 63.2 Å². The molecular formula is C19H21ClN2O3. The second-order valence-electron chi connectivity index (χ2n) is 6.61. The molecule has 2 aromatic carbocycles. The van der Waals surface area contributed by atoms with Crippen LogP contribution in [0.5, 0.6) is 0 Å². The number of amides is 1. The van der Waals surface area contributed by atoms with Crippen LogP contribution in [0.1, 0.15) is 42.3 Å². The number of anilines is 1. The average Bonchev–Trinajstić information content (AvgIpc) is 2.53. The lowest BCUT2D eigenvalue weighted by Crippen LogP contribution is -2.32. The number of carbonyl (C=O) groups is 2. The minimum atomic E-state index is -0.544. The molecule has 0 saturated carbocycles. The number of carbonyl (C=O) groups excluding carboxylic acids is 2. The fourth-order valence-electron chi connectivity index (χ4n) is 2.14. The highest BCUT2D eigenvalue weighted by Crippen LogP contribution is 2.21. The summed E-state index contributed by atoms with van der Waals surface area (Å²) >= 11 is 5.93. The van der Waals surface area contributed by atoms with Gasteiger partial charge in [0.25, 0.3) is 0 Å². The zero-order chi connectivity index (χ0) is 18.6. The Morgan fingerprint density at radius 3 is 2.36 bits per heavy atom. The lowest BCUT2D eigenvalue weighted by atomic mass is 10.0. The molecule has 132 valence electrons. The third kappa shape index (κ3) is 5.50. The van der Waals surface area contributed by atoms with Crippen LogP contribution in [-0.4, -0.2) is 17.5 Å². The maximum atomic E-state index is 12.5. The van der Waals surface area contributed by atoms with Gasteiger partial charge in [-0.3, -0.25) is 4.79 Å². The van der Waals surface area contributed by atoms with E-state index in [4.69, 9.17) is 22.1 Å². The van der Waals surface area contributed by atoms with E-state index in [2.05, 4.69) is 5.32 Å². The standard InChI is InChI=1S/C19H21ClN2O3/c1-19(2,3)25-18(24)22-11-12-4-6-13(7-5-12)17(23)15-10-14(20)8-9-16(15)21/h4-10H,11,21H2,1-3H3,(H,22,24). The third-order valence-corrected chi connectivity index (χ3v) is 3.55. The number of ketones is 1. The molecule has 3 N–H and O–H groups in total. The van der Waals surface area contributed by atoms with Gasteiger partial charge in [-0.25, -0.2) is 4.79 Å². The summed E-state index contributed by atoms with van der Waals surface area (Å²) in [4.78, 5) is 24.2. The Morgan fingerprint density at radius 1 is 1.12 bits per heavy atom. The normalized spacial score (nSPS) is 11.0. The number of hydrogen-bond acceptors (Lipinski definition) is 4. The lowest BCUT2D eigenvalue weighted by Gasteiger charge is -2.19. The first-order chi connectivity index (χ1) is 11.7. The second kappa shape index (κ2) is 7.57. The minimum absolute atomic E-state index is 0.202. The average molecular weight is 361 g/mol. The van der Waals surface area contributed by atoms with E-state index in [1.807, 2.05) is 0 Å². The molecule has 25 heavy (non-hydrogen) atoms. The fraction of sp³-hybridized carbons (Fsp3) is 0.263. The molecule has 0 spiro atoms. The molecule has 0 aliphatic heterocycles. The molecule has 6 heteroatoms. The maximum Gasteiger partial charge on any atom is 0.407 e. The van der Waals surface area contributed by atoms with Crippen molar-refractivity contribution in [2.24, 2.45) is 0 Å². The number of benzene rings is 2. The summed E-state index contributed by atoms with van der Waals surface area (Å²) in [6.07, 6.45) is -0.487. The molecule has 0 bridgehead atoms. The van der Waals surface area contributed by atoms with Crippen molar-refractivity contribution in [1.29, 1.82) is 0 Å². The molecule has 5 nitrogen and oxygen atoms in total. The first-order valence-electron chi connectivity index (χ1n) is 7.81. The van der Waals surface area contributed by atoms with Gasteiger partial charge < -0.3 is 15.8 Å². The van der Waals surface area contributed by atoms with Crippen molar-refractivity contribution in [1.82, 2.24) is 5.32 Å². The maximum absolute atomic E-state index is 12.5. The third-order valence-electron chi connectivity index (χ3n) is 3.31. The Labute approximate surface area is 152 Å². The summed E-state index contributed by atoms with van der Waals surface area (Å²) in [7, 11) is 0. The number of halogens is 1. The van der Waals surface area contributed by atoms with Crippen LogP contribution in [0, 0.1) is 0 Å². The summed E-state index contributed by atoms with van der Waals surface area (Å²) in [6.45, 7) is 5.71. The minimum Gasteiger partial charge on any atom is -0.444 e. The van der Waals surface area contributed by atoms with Gasteiger partial charge in [-0.1, -0.05) is 35.9 Å². The van der Waals surface area contributed by atoms with E-state index in [0.29, 0.717) is 28.4 Å². The van der Waals surface area contributed by atoms with Crippen molar-refractivity contribution in [3.05, 3.63) is 64.2 Å². The lowest BCUT2D eigenvalue weighted by molar-refractivity contribution is 0.0523. The summed E-state index contributed by atoms with van der Waals surface area (Å²) < 4.78 is 5.17. The predicted octanol–water partition coefficient (Wildman–Crippen LogP) is 4.18. The topological polar surface area (TPSA) is 81.4 Å². The molecular weight excluding hydrogens is 340 g/mol. The molecule has 2 aromatic rings. The van der Waals surface area contributed by atoms with E-state index in [-0.39, 0.29) is 5.78 Å². The summed E-state index contributed by atoms with van der Waals surface area (Å²) in [5.41, 5.74) is 7.40. The van der Waals surface area contributed by atoms with Gasteiger partial charge in [0, 0.05) is 28.4 Å². The van der Waals surface area contributed by atoms with Crippen molar-refractivity contribution < 1.29 is 14.3 Å². The number of nitrogens with one attached hydrogen (secondary N) is 1. The number of nitrogen functional groups attached to an aromatic ring is 1. The van der Waals surface area contributed by atoms with Gasteiger partial charge in [-0.15, -0.1) is 0 Å². The van der Waals surface area contributed by atoms with Crippen LogP contribution in [0.25, 0.3) is 0 Å². The van der Waals surface area contributed by atoms with Crippen molar-refractivity contribution in [3.63, 3.8) is 0 Å². The van der Waals surface area contributed by atoms with Crippen LogP contribution >= 0.6 is 11.6 Å². The van der Waals surface area contributed by atoms with Crippen LogP contribution in [-0.2, 0) is 11.3 Å². The number of rotatable bonds is 4. The summed E-state index contributed by atoms with van der Waals surface area (Å²) in [5.74, 6) is -0.202. The summed E-state index contributed by atoms with van der Waals surface area (Å²) in [5, 5.41) is 3.12. The van der Waals surface area contributed by atoms with Crippen LogP contribution in [0.3, 0.4) is 0 Å². The first-order valence-corrected chi connectivity index (χ1v) is 8.19. The van der Waals surface area contributed by atoms with Crippen LogP contribution in [0.15, 0.2) is 42.5 Å². The van der Waals surface area contributed by atoms with E-state index in [0.717, 1.165) is 5.56 Å². The Kier molecular flexibility index (Phi) is 5.69. The molecule has 0 atom stereocenters. The fourth-order valence-corrected chi connectivity index (χ4v) is 2.32. The Hall–Kier alpha value is -2.53. The number of hydrogen-bond donors (Lipinski definition) is 2. The van der Waals surface area contributed by atoms with Gasteiger partial charge in [-0.2, -0.15) is 0 Å². The molecule has 0 saturated heterocycles. The number of nitrogens with two attached hydrogens (primary N) is 1. The molecule has 0 unspecified atom stereocenters. The highest BCUT2D eigenvalue weighted by Gasteiger charge is 2.16. The molecule has 1 amide bonds. The Morgan fingerprint density at radius 2 is 1.76 bits per heavy atom. The highest BCUT2D eigenvalue weighted by atomic mass is 35.5.